The van der Waals surface area contributed by atoms with Gasteiger partial charge in [-0.3, -0.25) is 4.90 Å². The third-order valence-corrected chi connectivity index (χ3v) is 5.63. The fraction of sp³-hybridized carbons (Fsp3) is 0.524. The smallest absolute Gasteiger partial charge is 0.410 e. The van der Waals surface area contributed by atoms with Crippen LogP contribution in [-0.2, 0) is 11.3 Å². The number of aromatic nitrogens is 2. The molecule has 0 bridgehead atoms. The van der Waals surface area contributed by atoms with Gasteiger partial charge in [-0.25, -0.2) is 9.48 Å². The van der Waals surface area contributed by atoms with Crippen LogP contribution in [0.5, 0.6) is 0 Å². The Balaban J connectivity index is 1.42. The highest BCUT2D eigenvalue weighted by Gasteiger charge is 2.46. The van der Waals surface area contributed by atoms with E-state index in [9.17, 15) is 4.79 Å². The van der Waals surface area contributed by atoms with Gasteiger partial charge in [-0.2, -0.15) is 5.10 Å². The van der Waals surface area contributed by atoms with Crippen molar-refractivity contribution in [2.75, 3.05) is 26.7 Å². The maximum absolute atomic E-state index is 11.8. The molecule has 144 valence electrons. The zero-order valence-electron chi connectivity index (χ0n) is 16.4. The topological polar surface area (TPSA) is 50.6 Å². The molecule has 27 heavy (non-hydrogen) atoms. The molecule has 0 unspecified atom stereocenters. The zero-order chi connectivity index (χ0) is 19.0. The van der Waals surface area contributed by atoms with Crippen LogP contribution in [0.4, 0.5) is 4.79 Å². The number of piperidine rings is 1. The van der Waals surface area contributed by atoms with Crippen LogP contribution in [0, 0.1) is 0 Å². The summed E-state index contributed by atoms with van der Waals surface area (Å²) in [6, 6.07) is 8.58. The van der Waals surface area contributed by atoms with Crippen molar-refractivity contribution in [3.05, 3.63) is 47.8 Å². The van der Waals surface area contributed by atoms with E-state index >= 15 is 0 Å². The number of carbonyl (C=O) groups excluding carboxylic acids is 1. The maximum Gasteiger partial charge on any atom is 0.410 e. The van der Waals surface area contributed by atoms with E-state index in [2.05, 4.69) is 54.3 Å². The van der Waals surface area contributed by atoms with Gasteiger partial charge in [-0.15, -0.1) is 0 Å². The van der Waals surface area contributed by atoms with Gasteiger partial charge in [0.05, 0.1) is 18.4 Å². The Morgan fingerprint density at radius 2 is 2.00 bits per heavy atom. The number of likely N-dealkylation sites (tertiary alicyclic amines) is 1. The average Bonchev–Trinajstić information content (AvgIpc) is 3.20. The van der Waals surface area contributed by atoms with Gasteiger partial charge < -0.3 is 9.64 Å². The number of hydrogen-bond acceptors (Lipinski definition) is 4. The van der Waals surface area contributed by atoms with Crippen LogP contribution in [0.15, 0.2) is 36.7 Å². The molecule has 1 atom stereocenters. The Morgan fingerprint density at radius 1 is 1.22 bits per heavy atom. The molecule has 1 spiro atoms. The van der Waals surface area contributed by atoms with E-state index < -0.39 is 0 Å². The minimum Gasteiger partial charge on any atom is -0.440 e. The first kappa shape index (κ1) is 18.0. The molecule has 6 nitrogen and oxygen atoms in total. The quantitative estimate of drug-likeness (QED) is 0.830. The van der Waals surface area contributed by atoms with Gasteiger partial charge in [0.2, 0.25) is 0 Å². The molecule has 0 saturated carbocycles. The Labute approximate surface area is 160 Å². The summed E-state index contributed by atoms with van der Waals surface area (Å²) < 4.78 is 7.63. The SMILES string of the molecule is CC(C)c1ccc(-n2cc(CN3CCC[C@]4(C3)CN(C)C(=O)O4)cn2)cc1. The molecule has 2 saturated heterocycles. The molecule has 0 aliphatic carbocycles. The van der Waals surface area contributed by atoms with Gasteiger partial charge in [-0.1, -0.05) is 26.0 Å². The summed E-state index contributed by atoms with van der Waals surface area (Å²) in [6.45, 7) is 7.73. The molecule has 2 aromatic rings. The van der Waals surface area contributed by atoms with Crippen molar-refractivity contribution in [2.24, 2.45) is 0 Å². The summed E-state index contributed by atoms with van der Waals surface area (Å²) in [5.74, 6) is 0.530. The van der Waals surface area contributed by atoms with Crippen molar-refractivity contribution < 1.29 is 9.53 Å². The first-order valence-electron chi connectivity index (χ1n) is 9.74. The highest BCUT2D eigenvalue weighted by Crippen LogP contribution is 2.32. The lowest BCUT2D eigenvalue weighted by atomic mass is 9.92. The summed E-state index contributed by atoms with van der Waals surface area (Å²) in [5.41, 5.74) is 3.25. The summed E-state index contributed by atoms with van der Waals surface area (Å²) >= 11 is 0. The van der Waals surface area contributed by atoms with E-state index in [1.165, 1.54) is 11.1 Å². The van der Waals surface area contributed by atoms with Crippen LogP contribution in [0.3, 0.4) is 0 Å². The first-order valence-corrected chi connectivity index (χ1v) is 9.74. The number of ether oxygens (including phenoxy) is 1. The fourth-order valence-electron chi connectivity index (χ4n) is 4.18. The molecule has 2 aliphatic rings. The molecule has 1 aromatic carbocycles. The largest absolute Gasteiger partial charge is 0.440 e. The van der Waals surface area contributed by atoms with Crippen molar-refractivity contribution in [3.8, 4) is 5.69 Å². The normalized spacial score (nSPS) is 23.4. The average molecular weight is 368 g/mol. The lowest BCUT2D eigenvalue weighted by molar-refractivity contribution is -0.0113. The van der Waals surface area contributed by atoms with Crippen LogP contribution in [0.25, 0.3) is 5.69 Å². The lowest BCUT2D eigenvalue weighted by Gasteiger charge is -2.38. The van der Waals surface area contributed by atoms with E-state index in [-0.39, 0.29) is 11.7 Å². The number of rotatable bonds is 4. The second-order valence-corrected chi connectivity index (χ2v) is 8.26. The third-order valence-electron chi connectivity index (χ3n) is 5.63. The molecule has 0 N–H and O–H groups in total. The molecule has 1 aromatic heterocycles. The molecule has 2 aliphatic heterocycles. The Kier molecular flexibility index (Phi) is 4.68. The Hall–Kier alpha value is -2.34. The van der Waals surface area contributed by atoms with E-state index in [1.807, 2.05) is 17.9 Å². The van der Waals surface area contributed by atoms with Gasteiger partial charge in [-0.05, 0) is 43.0 Å². The van der Waals surface area contributed by atoms with Crippen LogP contribution in [-0.4, -0.2) is 58.0 Å². The molecule has 4 rings (SSSR count). The predicted molar refractivity (Wildman–Crippen MR) is 104 cm³/mol. The van der Waals surface area contributed by atoms with Crippen molar-refractivity contribution in [3.63, 3.8) is 0 Å². The molecule has 3 heterocycles. The number of likely N-dealkylation sites (N-methyl/N-ethyl adjacent to an activating group) is 1. The van der Waals surface area contributed by atoms with Gasteiger partial charge in [0.15, 0.2) is 0 Å². The second-order valence-electron chi connectivity index (χ2n) is 8.26. The van der Waals surface area contributed by atoms with Crippen LogP contribution in [0.1, 0.15) is 43.7 Å². The highest BCUT2D eigenvalue weighted by molar-refractivity contribution is 5.70. The van der Waals surface area contributed by atoms with Crippen molar-refractivity contribution >= 4 is 6.09 Å². The summed E-state index contributed by atoms with van der Waals surface area (Å²) in [4.78, 5) is 15.9. The lowest BCUT2D eigenvalue weighted by Crippen LogP contribution is -2.50. The van der Waals surface area contributed by atoms with Crippen molar-refractivity contribution in [2.45, 2.75) is 44.8 Å². The third kappa shape index (κ3) is 3.72. The molecule has 0 radical (unpaired) electrons. The van der Waals surface area contributed by atoms with E-state index in [0.717, 1.165) is 38.2 Å². The standard InChI is InChI=1S/C21H28N4O2/c1-16(2)18-5-7-19(8-6-18)25-13-17(11-22-25)12-24-10-4-9-21(15-24)14-23(3)20(26)27-21/h5-8,11,13,16H,4,9-10,12,14-15H2,1-3H3/t21-/m1/s1. The van der Waals surface area contributed by atoms with Gasteiger partial charge in [0.1, 0.15) is 5.60 Å². The van der Waals surface area contributed by atoms with E-state index in [4.69, 9.17) is 4.74 Å². The molecular formula is C21H28N4O2. The number of amides is 1. The number of benzene rings is 1. The van der Waals surface area contributed by atoms with Crippen molar-refractivity contribution in [1.82, 2.24) is 19.6 Å². The molecule has 6 heteroatoms. The Bertz CT molecular complexity index is 814. The van der Waals surface area contributed by atoms with Crippen LogP contribution >= 0.6 is 0 Å². The van der Waals surface area contributed by atoms with E-state index in [0.29, 0.717) is 12.5 Å². The molecule has 1 amide bonds. The Morgan fingerprint density at radius 3 is 2.67 bits per heavy atom. The highest BCUT2D eigenvalue weighted by atomic mass is 16.6. The first-order chi connectivity index (χ1) is 12.9. The number of hydrogen-bond donors (Lipinski definition) is 0. The minimum atomic E-state index is -0.341. The fourth-order valence-corrected chi connectivity index (χ4v) is 4.18. The van der Waals surface area contributed by atoms with Gasteiger partial charge in [0.25, 0.3) is 0 Å². The van der Waals surface area contributed by atoms with E-state index in [1.54, 1.807) is 4.90 Å². The van der Waals surface area contributed by atoms with Crippen LogP contribution < -0.4 is 0 Å². The van der Waals surface area contributed by atoms with Crippen LogP contribution in [0.2, 0.25) is 0 Å². The number of carbonyl (C=O) groups is 1. The molecule has 2 fully saturated rings. The minimum absolute atomic E-state index is 0.200. The maximum atomic E-state index is 11.8. The summed E-state index contributed by atoms with van der Waals surface area (Å²) in [6.07, 6.45) is 5.82. The zero-order valence-corrected chi connectivity index (χ0v) is 16.4. The number of nitrogens with zero attached hydrogens (tertiary/aromatic N) is 4. The predicted octanol–water partition coefficient (Wildman–Crippen LogP) is 3.41. The second kappa shape index (κ2) is 7.00. The van der Waals surface area contributed by atoms with Gasteiger partial charge >= 0.3 is 6.09 Å². The summed E-state index contributed by atoms with van der Waals surface area (Å²) in [5, 5.41) is 4.54. The van der Waals surface area contributed by atoms with Gasteiger partial charge in [0, 0.05) is 31.9 Å². The summed E-state index contributed by atoms with van der Waals surface area (Å²) in [7, 11) is 1.81. The van der Waals surface area contributed by atoms with Crippen molar-refractivity contribution in [1.29, 1.82) is 0 Å². The molecular weight excluding hydrogens is 340 g/mol. The monoisotopic (exact) mass is 368 g/mol.